The summed E-state index contributed by atoms with van der Waals surface area (Å²) in [6, 6.07) is 1.89. The molecule has 0 spiro atoms. The van der Waals surface area contributed by atoms with Crippen molar-refractivity contribution in [3.63, 3.8) is 0 Å². The molecule has 1 aromatic rings. The van der Waals surface area contributed by atoms with Gasteiger partial charge in [0.25, 0.3) is 5.91 Å². The Kier molecular flexibility index (Phi) is 5.31. The molecular weight excluding hydrogens is 242 g/mol. The lowest BCUT2D eigenvalue weighted by molar-refractivity contribution is 0.0583. The third-order valence-electron chi connectivity index (χ3n) is 2.34. The molecular formula is C11H17NO2S2. The highest BCUT2D eigenvalue weighted by molar-refractivity contribution is 7.80. The van der Waals surface area contributed by atoms with Gasteiger partial charge in [-0.05, 0) is 19.9 Å². The lowest BCUT2D eigenvalue weighted by Gasteiger charge is -2.26. The number of carbonyl (C=O) groups is 1. The van der Waals surface area contributed by atoms with Crippen molar-refractivity contribution in [3.8, 4) is 0 Å². The van der Waals surface area contributed by atoms with E-state index in [1.54, 1.807) is 13.2 Å². The number of carbonyl (C=O) groups excluding carboxylic acids is 1. The number of likely N-dealkylation sites (N-methyl/N-ethyl adjacent to an activating group) is 1. The zero-order valence-electron chi connectivity index (χ0n) is 9.77. The Morgan fingerprint density at radius 2 is 2.38 bits per heavy atom. The zero-order chi connectivity index (χ0) is 12.1. The number of ether oxygens (including phenoxy) is 1. The van der Waals surface area contributed by atoms with Crippen LogP contribution in [0.1, 0.15) is 23.5 Å². The number of thiol groups is 1. The summed E-state index contributed by atoms with van der Waals surface area (Å²) in [6.45, 7) is 5.20. The highest BCUT2D eigenvalue weighted by Crippen LogP contribution is 2.20. The molecule has 0 aliphatic heterocycles. The van der Waals surface area contributed by atoms with Crippen molar-refractivity contribution >= 4 is 29.9 Å². The van der Waals surface area contributed by atoms with Gasteiger partial charge in [-0.15, -0.1) is 24.0 Å². The molecule has 0 radical (unpaired) electrons. The van der Waals surface area contributed by atoms with Crippen molar-refractivity contribution < 1.29 is 9.53 Å². The van der Waals surface area contributed by atoms with Gasteiger partial charge in [0, 0.05) is 23.9 Å². The molecule has 0 aliphatic rings. The molecule has 0 N–H and O–H groups in total. The number of thiophene rings is 1. The fraction of sp³-hybridized carbons (Fsp3) is 0.545. The van der Waals surface area contributed by atoms with Gasteiger partial charge in [-0.2, -0.15) is 0 Å². The van der Waals surface area contributed by atoms with Gasteiger partial charge >= 0.3 is 0 Å². The molecule has 1 unspecified atom stereocenters. The van der Waals surface area contributed by atoms with Crippen LogP contribution in [0.5, 0.6) is 0 Å². The fourth-order valence-corrected chi connectivity index (χ4v) is 2.67. The highest BCUT2D eigenvalue weighted by Gasteiger charge is 2.20. The molecule has 3 nitrogen and oxygen atoms in total. The molecule has 16 heavy (non-hydrogen) atoms. The van der Waals surface area contributed by atoms with Crippen LogP contribution in [0.15, 0.2) is 16.3 Å². The molecule has 0 bridgehead atoms. The number of amides is 1. The number of hydrogen-bond acceptors (Lipinski definition) is 4. The van der Waals surface area contributed by atoms with Gasteiger partial charge < -0.3 is 9.64 Å². The average molecular weight is 259 g/mol. The predicted octanol–water partition coefficient (Wildman–Crippen LogP) is 2.53. The summed E-state index contributed by atoms with van der Waals surface area (Å²) < 4.78 is 5.07. The lowest BCUT2D eigenvalue weighted by Crippen LogP contribution is -2.40. The second-order valence-corrected chi connectivity index (χ2v) is 4.99. The summed E-state index contributed by atoms with van der Waals surface area (Å²) in [5.74, 6) is 0.0531. The molecule has 0 aromatic carbocycles. The van der Waals surface area contributed by atoms with Crippen LogP contribution in [0, 0.1) is 0 Å². The van der Waals surface area contributed by atoms with Crippen molar-refractivity contribution in [3.05, 3.63) is 16.3 Å². The highest BCUT2D eigenvalue weighted by atomic mass is 32.1. The Balaban J connectivity index is 2.77. The summed E-state index contributed by atoms with van der Waals surface area (Å²) in [4.78, 5) is 15.5. The molecule has 1 aromatic heterocycles. The van der Waals surface area contributed by atoms with E-state index in [0.29, 0.717) is 13.2 Å². The van der Waals surface area contributed by atoms with Crippen LogP contribution in [0.25, 0.3) is 0 Å². The van der Waals surface area contributed by atoms with Gasteiger partial charge in [-0.1, -0.05) is 0 Å². The van der Waals surface area contributed by atoms with Crippen molar-refractivity contribution in [2.75, 3.05) is 20.3 Å². The second-order valence-electron chi connectivity index (χ2n) is 3.56. The molecule has 0 saturated heterocycles. The third kappa shape index (κ3) is 3.23. The van der Waals surface area contributed by atoms with E-state index < -0.39 is 0 Å². The van der Waals surface area contributed by atoms with Gasteiger partial charge in [-0.25, -0.2) is 0 Å². The van der Waals surface area contributed by atoms with Crippen LogP contribution in [-0.4, -0.2) is 37.1 Å². The van der Waals surface area contributed by atoms with E-state index in [-0.39, 0.29) is 11.9 Å². The molecule has 1 heterocycles. The Bertz CT molecular complexity index is 352. The number of nitrogens with zero attached hydrogens (tertiary/aromatic N) is 1. The molecule has 5 heteroatoms. The minimum atomic E-state index is 0.0531. The van der Waals surface area contributed by atoms with Gasteiger partial charge in [0.15, 0.2) is 0 Å². The topological polar surface area (TPSA) is 29.5 Å². The first-order valence-corrected chi connectivity index (χ1v) is 6.50. The van der Waals surface area contributed by atoms with E-state index in [9.17, 15) is 4.79 Å². The monoisotopic (exact) mass is 259 g/mol. The number of methoxy groups -OCH3 is 1. The maximum atomic E-state index is 12.2. The first-order chi connectivity index (χ1) is 7.60. The SMILES string of the molecule is CCN(C(=O)c1cc(S)cs1)C(C)COC. The summed E-state index contributed by atoms with van der Waals surface area (Å²) in [5.41, 5.74) is 0. The van der Waals surface area contributed by atoms with Crippen LogP contribution in [0.3, 0.4) is 0 Å². The minimum absolute atomic E-state index is 0.0531. The van der Waals surface area contributed by atoms with E-state index in [1.807, 2.05) is 24.1 Å². The Morgan fingerprint density at radius 1 is 1.69 bits per heavy atom. The van der Waals surface area contributed by atoms with Crippen molar-refractivity contribution in [1.29, 1.82) is 0 Å². The first kappa shape index (κ1) is 13.5. The van der Waals surface area contributed by atoms with E-state index in [0.717, 1.165) is 9.77 Å². The summed E-state index contributed by atoms with van der Waals surface area (Å²) >= 11 is 5.63. The molecule has 0 aliphatic carbocycles. The standard InChI is InChI=1S/C11H17NO2S2/c1-4-12(8(2)6-14-3)11(13)10-5-9(15)7-16-10/h5,7-8,15H,4,6H2,1-3H3. The predicted molar refractivity (Wildman–Crippen MR) is 69.6 cm³/mol. The number of rotatable bonds is 5. The molecule has 0 saturated carbocycles. The van der Waals surface area contributed by atoms with E-state index in [4.69, 9.17) is 4.74 Å². The van der Waals surface area contributed by atoms with Gasteiger partial charge in [0.2, 0.25) is 0 Å². The largest absolute Gasteiger partial charge is 0.383 e. The lowest BCUT2D eigenvalue weighted by atomic mass is 10.2. The molecule has 0 fully saturated rings. The van der Waals surface area contributed by atoms with E-state index in [1.165, 1.54) is 11.3 Å². The smallest absolute Gasteiger partial charge is 0.264 e. The molecule has 1 atom stereocenters. The molecule has 1 amide bonds. The first-order valence-electron chi connectivity index (χ1n) is 5.17. The summed E-state index contributed by atoms with van der Waals surface area (Å²) in [5, 5.41) is 1.87. The van der Waals surface area contributed by atoms with Crippen LogP contribution >= 0.6 is 24.0 Å². The maximum Gasteiger partial charge on any atom is 0.264 e. The summed E-state index contributed by atoms with van der Waals surface area (Å²) in [6.07, 6.45) is 0. The Morgan fingerprint density at radius 3 is 2.81 bits per heavy atom. The maximum absolute atomic E-state index is 12.2. The van der Waals surface area contributed by atoms with Crippen molar-refractivity contribution in [1.82, 2.24) is 4.90 Å². The van der Waals surface area contributed by atoms with Crippen molar-refractivity contribution in [2.24, 2.45) is 0 Å². The van der Waals surface area contributed by atoms with E-state index >= 15 is 0 Å². The normalized spacial score (nSPS) is 12.5. The van der Waals surface area contributed by atoms with Crippen LogP contribution in [0.4, 0.5) is 0 Å². The second kappa shape index (κ2) is 6.27. The Hall–Kier alpha value is -0.520. The van der Waals surface area contributed by atoms with Crippen LogP contribution in [-0.2, 0) is 4.74 Å². The molecule has 90 valence electrons. The van der Waals surface area contributed by atoms with Gasteiger partial charge in [-0.3, -0.25) is 4.79 Å². The van der Waals surface area contributed by atoms with Gasteiger partial charge in [0.05, 0.1) is 17.5 Å². The molecule has 1 rings (SSSR count). The quantitative estimate of drug-likeness (QED) is 0.823. The Labute approximate surface area is 106 Å². The van der Waals surface area contributed by atoms with Gasteiger partial charge in [0.1, 0.15) is 0 Å². The van der Waals surface area contributed by atoms with Crippen LogP contribution in [0.2, 0.25) is 0 Å². The minimum Gasteiger partial charge on any atom is -0.383 e. The fourth-order valence-electron chi connectivity index (χ4n) is 1.57. The van der Waals surface area contributed by atoms with E-state index in [2.05, 4.69) is 12.6 Å². The number of hydrogen-bond donors (Lipinski definition) is 1. The van der Waals surface area contributed by atoms with Crippen LogP contribution < -0.4 is 0 Å². The zero-order valence-corrected chi connectivity index (χ0v) is 11.5. The average Bonchev–Trinajstić information content (AvgIpc) is 2.66. The van der Waals surface area contributed by atoms with Crippen molar-refractivity contribution in [2.45, 2.75) is 24.8 Å². The summed E-state index contributed by atoms with van der Waals surface area (Å²) in [7, 11) is 1.64. The third-order valence-corrected chi connectivity index (χ3v) is 3.69.